The van der Waals surface area contributed by atoms with Gasteiger partial charge in [0, 0.05) is 52.2 Å². The van der Waals surface area contributed by atoms with Crippen molar-refractivity contribution in [1.82, 2.24) is 35.0 Å². The predicted octanol–water partition coefficient (Wildman–Crippen LogP) is 1.23. The Hall–Kier alpha value is -1.90. The van der Waals surface area contributed by atoms with Gasteiger partial charge in [0.2, 0.25) is 0 Å². The molecule has 1 atom stereocenters. The number of pyridine rings is 1. The van der Waals surface area contributed by atoms with Gasteiger partial charge < -0.3 is 4.74 Å². The van der Waals surface area contributed by atoms with Crippen LogP contribution >= 0.6 is 0 Å². The first kappa shape index (κ1) is 18.9. The van der Waals surface area contributed by atoms with Gasteiger partial charge >= 0.3 is 0 Å². The Balaban J connectivity index is 1.63. The number of piperazine rings is 1. The number of rotatable bonds is 8. The first-order valence-electron chi connectivity index (χ1n) is 9.29. The maximum absolute atomic E-state index is 5.18. The standard InChI is InChI=1S/C18H29N7O/c1-15(2)17(18-20-21-22-25(18)11-12-26-3)24-9-7-23(8-10-24)14-16-5-4-6-19-13-16/h4-6,13,15,17H,7-12,14H2,1-3H3. The summed E-state index contributed by atoms with van der Waals surface area (Å²) in [5, 5.41) is 12.4. The molecule has 8 heteroatoms. The lowest BCUT2D eigenvalue weighted by atomic mass is 10.0. The van der Waals surface area contributed by atoms with Gasteiger partial charge in [-0.25, -0.2) is 4.68 Å². The van der Waals surface area contributed by atoms with Crippen molar-refractivity contribution in [3.63, 3.8) is 0 Å². The largest absolute Gasteiger partial charge is 0.383 e. The lowest BCUT2D eigenvalue weighted by Gasteiger charge is -2.40. The lowest BCUT2D eigenvalue weighted by molar-refractivity contribution is 0.0651. The van der Waals surface area contributed by atoms with Crippen molar-refractivity contribution in [2.45, 2.75) is 33.0 Å². The summed E-state index contributed by atoms with van der Waals surface area (Å²) in [6, 6.07) is 4.36. The zero-order chi connectivity index (χ0) is 18.4. The Morgan fingerprint density at radius 3 is 2.65 bits per heavy atom. The monoisotopic (exact) mass is 359 g/mol. The molecule has 0 saturated carbocycles. The molecule has 1 unspecified atom stereocenters. The van der Waals surface area contributed by atoms with Gasteiger partial charge in [-0.15, -0.1) is 5.10 Å². The smallest absolute Gasteiger partial charge is 0.168 e. The topological polar surface area (TPSA) is 72.2 Å². The molecule has 1 fully saturated rings. The van der Waals surface area contributed by atoms with Crippen molar-refractivity contribution in [2.75, 3.05) is 39.9 Å². The summed E-state index contributed by atoms with van der Waals surface area (Å²) in [5.74, 6) is 1.38. The third-order valence-electron chi connectivity index (χ3n) is 4.89. The van der Waals surface area contributed by atoms with Gasteiger partial charge in [-0.2, -0.15) is 0 Å². The lowest BCUT2D eigenvalue weighted by Crippen LogP contribution is -2.48. The molecule has 0 spiro atoms. The van der Waals surface area contributed by atoms with E-state index < -0.39 is 0 Å². The van der Waals surface area contributed by atoms with E-state index in [1.807, 2.05) is 23.1 Å². The van der Waals surface area contributed by atoms with Crippen LogP contribution in [0.15, 0.2) is 24.5 Å². The number of aromatic nitrogens is 5. The molecule has 0 amide bonds. The van der Waals surface area contributed by atoms with E-state index in [0.29, 0.717) is 19.1 Å². The highest BCUT2D eigenvalue weighted by Gasteiger charge is 2.31. The number of hydrogen-bond donors (Lipinski definition) is 0. The van der Waals surface area contributed by atoms with Crippen molar-refractivity contribution in [1.29, 1.82) is 0 Å². The van der Waals surface area contributed by atoms with Crippen LogP contribution in [0.5, 0.6) is 0 Å². The van der Waals surface area contributed by atoms with Crippen LogP contribution in [-0.4, -0.2) is 74.9 Å². The summed E-state index contributed by atoms with van der Waals surface area (Å²) in [6.07, 6.45) is 3.77. The fraction of sp³-hybridized carbons (Fsp3) is 0.667. The van der Waals surface area contributed by atoms with Gasteiger partial charge in [0.15, 0.2) is 5.82 Å². The van der Waals surface area contributed by atoms with Gasteiger partial charge in [0.25, 0.3) is 0 Å². The molecule has 8 nitrogen and oxygen atoms in total. The molecule has 3 heterocycles. The molecule has 0 N–H and O–H groups in total. The molecule has 1 aliphatic rings. The first-order chi connectivity index (χ1) is 12.7. The Bertz CT molecular complexity index is 653. The number of tetrazole rings is 1. The first-order valence-corrected chi connectivity index (χ1v) is 9.29. The number of methoxy groups -OCH3 is 1. The molecule has 26 heavy (non-hydrogen) atoms. The Morgan fingerprint density at radius 2 is 2.00 bits per heavy atom. The minimum Gasteiger partial charge on any atom is -0.383 e. The van der Waals surface area contributed by atoms with E-state index in [0.717, 1.165) is 38.5 Å². The zero-order valence-electron chi connectivity index (χ0n) is 16.0. The van der Waals surface area contributed by atoms with Crippen molar-refractivity contribution in [3.8, 4) is 0 Å². The molecule has 1 saturated heterocycles. The summed E-state index contributed by atoms with van der Waals surface area (Å²) in [4.78, 5) is 9.21. The molecule has 3 rings (SSSR count). The zero-order valence-corrected chi connectivity index (χ0v) is 16.0. The van der Waals surface area contributed by atoms with Crippen LogP contribution in [0.2, 0.25) is 0 Å². The molecular formula is C18H29N7O. The molecule has 0 aliphatic carbocycles. The van der Waals surface area contributed by atoms with E-state index in [1.54, 1.807) is 7.11 Å². The van der Waals surface area contributed by atoms with Crippen LogP contribution in [0, 0.1) is 5.92 Å². The average molecular weight is 359 g/mol. The summed E-state index contributed by atoms with van der Waals surface area (Å²) < 4.78 is 7.07. The maximum Gasteiger partial charge on any atom is 0.168 e. The summed E-state index contributed by atoms with van der Waals surface area (Å²) in [7, 11) is 1.70. The molecule has 0 aromatic carbocycles. The second-order valence-electron chi connectivity index (χ2n) is 7.12. The average Bonchev–Trinajstić information content (AvgIpc) is 3.10. The van der Waals surface area contributed by atoms with E-state index in [1.165, 1.54) is 5.56 Å². The molecule has 0 radical (unpaired) electrons. The second kappa shape index (κ2) is 9.16. The molecule has 2 aromatic heterocycles. The van der Waals surface area contributed by atoms with Gasteiger partial charge in [-0.05, 0) is 28.0 Å². The van der Waals surface area contributed by atoms with Gasteiger partial charge in [0.05, 0.1) is 19.2 Å². The number of hydrogen-bond acceptors (Lipinski definition) is 7. The third-order valence-corrected chi connectivity index (χ3v) is 4.89. The summed E-state index contributed by atoms with van der Waals surface area (Å²) in [5.41, 5.74) is 1.27. The van der Waals surface area contributed by atoms with E-state index in [4.69, 9.17) is 4.74 Å². The Morgan fingerprint density at radius 1 is 1.19 bits per heavy atom. The molecular weight excluding hydrogens is 330 g/mol. The van der Waals surface area contributed by atoms with Crippen LogP contribution < -0.4 is 0 Å². The third kappa shape index (κ3) is 4.63. The molecule has 2 aromatic rings. The fourth-order valence-corrected chi connectivity index (χ4v) is 3.59. The number of ether oxygens (including phenoxy) is 1. The van der Waals surface area contributed by atoms with E-state index in [2.05, 4.69) is 50.2 Å². The van der Waals surface area contributed by atoms with Crippen molar-refractivity contribution < 1.29 is 4.74 Å². The minimum absolute atomic E-state index is 0.224. The Labute approximate surface area is 155 Å². The summed E-state index contributed by atoms with van der Waals surface area (Å²) in [6.45, 7) is 10.8. The highest BCUT2D eigenvalue weighted by molar-refractivity contribution is 5.08. The normalized spacial score (nSPS) is 17.7. The van der Waals surface area contributed by atoms with Gasteiger partial charge in [0.1, 0.15) is 0 Å². The quantitative estimate of drug-likeness (QED) is 0.702. The van der Waals surface area contributed by atoms with Crippen LogP contribution in [0.4, 0.5) is 0 Å². The molecule has 1 aliphatic heterocycles. The highest BCUT2D eigenvalue weighted by Crippen LogP contribution is 2.28. The van der Waals surface area contributed by atoms with Crippen LogP contribution in [0.1, 0.15) is 31.3 Å². The molecule has 0 bridgehead atoms. The second-order valence-corrected chi connectivity index (χ2v) is 7.12. The summed E-state index contributed by atoms with van der Waals surface area (Å²) >= 11 is 0. The van der Waals surface area contributed by atoms with Crippen LogP contribution in [0.25, 0.3) is 0 Å². The number of nitrogens with zero attached hydrogens (tertiary/aromatic N) is 7. The fourth-order valence-electron chi connectivity index (χ4n) is 3.59. The van der Waals surface area contributed by atoms with Crippen molar-refractivity contribution in [2.24, 2.45) is 5.92 Å². The van der Waals surface area contributed by atoms with E-state index in [-0.39, 0.29) is 6.04 Å². The molecule has 142 valence electrons. The Kier molecular flexibility index (Phi) is 6.65. The van der Waals surface area contributed by atoms with Gasteiger partial charge in [-0.1, -0.05) is 19.9 Å². The maximum atomic E-state index is 5.18. The van der Waals surface area contributed by atoms with E-state index in [9.17, 15) is 0 Å². The van der Waals surface area contributed by atoms with Crippen LogP contribution in [-0.2, 0) is 17.8 Å². The van der Waals surface area contributed by atoms with Crippen molar-refractivity contribution >= 4 is 0 Å². The SMILES string of the molecule is COCCn1nnnc1C(C(C)C)N1CCN(Cc2cccnc2)CC1. The minimum atomic E-state index is 0.224. The van der Waals surface area contributed by atoms with E-state index >= 15 is 0 Å². The van der Waals surface area contributed by atoms with Gasteiger partial charge in [-0.3, -0.25) is 14.8 Å². The predicted molar refractivity (Wildman–Crippen MR) is 98.4 cm³/mol. The van der Waals surface area contributed by atoms with Crippen molar-refractivity contribution in [3.05, 3.63) is 35.9 Å². The van der Waals surface area contributed by atoms with Crippen LogP contribution in [0.3, 0.4) is 0 Å². The highest BCUT2D eigenvalue weighted by atomic mass is 16.5.